The molecule has 0 unspecified atom stereocenters. The highest BCUT2D eigenvalue weighted by molar-refractivity contribution is 7.91. The predicted molar refractivity (Wildman–Crippen MR) is 102 cm³/mol. The largest absolute Gasteiger partial charge is 0.366 e. The van der Waals surface area contributed by atoms with Crippen molar-refractivity contribution >= 4 is 27.9 Å². The Bertz CT molecular complexity index is 1170. The van der Waals surface area contributed by atoms with Crippen molar-refractivity contribution < 1.29 is 22.0 Å². The van der Waals surface area contributed by atoms with Crippen LogP contribution in [0.1, 0.15) is 21.5 Å². The topological polar surface area (TPSA) is 77.2 Å². The number of hydrogen-bond acceptors (Lipinski definition) is 3. The average molecular weight is 399 g/mol. The zero-order valence-electron chi connectivity index (χ0n) is 14.5. The highest BCUT2D eigenvalue weighted by Gasteiger charge is 2.23. The van der Waals surface area contributed by atoms with Crippen LogP contribution in [-0.4, -0.2) is 14.3 Å². The lowest BCUT2D eigenvalue weighted by Crippen LogP contribution is -2.16. The van der Waals surface area contributed by atoms with Crippen LogP contribution in [0.4, 0.5) is 8.78 Å². The maximum Gasteiger partial charge on any atom is 0.250 e. The highest BCUT2D eigenvalue weighted by atomic mass is 32.2. The van der Waals surface area contributed by atoms with Crippen molar-refractivity contribution in [3.8, 4) is 0 Å². The van der Waals surface area contributed by atoms with Crippen LogP contribution >= 0.6 is 0 Å². The third-order valence-corrected chi connectivity index (χ3v) is 5.86. The first-order valence-corrected chi connectivity index (χ1v) is 9.64. The van der Waals surface area contributed by atoms with Crippen molar-refractivity contribution in [1.82, 2.24) is 0 Å². The molecule has 0 saturated heterocycles. The Morgan fingerprint density at radius 2 is 1.61 bits per heavy atom. The molecule has 3 aromatic rings. The summed E-state index contributed by atoms with van der Waals surface area (Å²) >= 11 is 0. The van der Waals surface area contributed by atoms with Gasteiger partial charge in [0.2, 0.25) is 15.7 Å². The molecule has 28 heavy (non-hydrogen) atoms. The van der Waals surface area contributed by atoms with Gasteiger partial charge in [0, 0.05) is 11.6 Å². The zero-order chi connectivity index (χ0) is 20.3. The number of sulfone groups is 1. The van der Waals surface area contributed by atoms with Gasteiger partial charge in [0.15, 0.2) is 0 Å². The molecule has 0 bridgehead atoms. The maximum atomic E-state index is 13.7. The summed E-state index contributed by atoms with van der Waals surface area (Å²) in [6, 6.07) is 14.9. The molecule has 0 heterocycles. The van der Waals surface area contributed by atoms with Gasteiger partial charge in [0.1, 0.15) is 11.6 Å². The third-order valence-electron chi connectivity index (χ3n) is 4.03. The lowest BCUT2D eigenvalue weighted by Gasteiger charge is -2.09. The monoisotopic (exact) mass is 399 g/mol. The van der Waals surface area contributed by atoms with Gasteiger partial charge in [-0.15, -0.1) is 0 Å². The first-order chi connectivity index (χ1) is 13.3. The van der Waals surface area contributed by atoms with E-state index in [1.54, 1.807) is 18.2 Å². The first-order valence-electron chi connectivity index (χ1n) is 8.16. The van der Waals surface area contributed by atoms with Gasteiger partial charge in [0.05, 0.1) is 15.4 Å². The van der Waals surface area contributed by atoms with Crippen molar-refractivity contribution in [2.24, 2.45) is 5.73 Å². The third kappa shape index (κ3) is 3.99. The number of nitrogens with two attached hydrogens (primary N) is 1. The smallest absolute Gasteiger partial charge is 0.250 e. The van der Waals surface area contributed by atoms with Gasteiger partial charge in [-0.3, -0.25) is 4.79 Å². The number of benzene rings is 3. The highest BCUT2D eigenvalue weighted by Crippen LogP contribution is 2.25. The molecule has 7 heteroatoms. The molecule has 0 aromatic heterocycles. The molecule has 0 saturated carbocycles. The Labute approximate surface area is 160 Å². The molecule has 142 valence electrons. The number of amides is 1. The van der Waals surface area contributed by atoms with E-state index in [9.17, 15) is 22.0 Å². The van der Waals surface area contributed by atoms with E-state index in [2.05, 4.69) is 0 Å². The number of primary amides is 1. The Balaban J connectivity index is 2.03. The molecule has 0 aliphatic rings. The number of carbonyl (C=O) groups excluding carboxylic acids is 1. The Morgan fingerprint density at radius 3 is 2.25 bits per heavy atom. The molecule has 2 N–H and O–H groups in total. The number of hydrogen-bond donors (Lipinski definition) is 1. The fourth-order valence-electron chi connectivity index (χ4n) is 2.63. The summed E-state index contributed by atoms with van der Waals surface area (Å²) in [7, 11) is -3.94. The second-order valence-electron chi connectivity index (χ2n) is 5.94. The normalized spacial score (nSPS) is 11.6. The predicted octanol–water partition coefficient (Wildman–Crippen LogP) is 4.07. The number of halogens is 2. The van der Waals surface area contributed by atoms with Crippen molar-refractivity contribution in [2.45, 2.75) is 9.79 Å². The standard InChI is InChI=1S/C21H15F2NO3S/c22-16-10-9-15(19(23)13-16)8-6-14-7-11-20(18(12-14)21(24)25)28(26,27)17-4-2-1-3-5-17/h1-13H,(H2,24,25). The molecule has 1 amide bonds. The average Bonchev–Trinajstić information content (AvgIpc) is 2.67. The molecule has 0 spiro atoms. The fourth-order valence-corrected chi connectivity index (χ4v) is 4.09. The van der Waals surface area contributed by atoms with E-state index in [0.29, 0.717) is 5.56 Å². The van der Waals surface area contributed by atoms with Crippen molar-refractivity contribution in [3.63, 3.8) is 0 Å². The Morgan fingerprint density at radius 1 is 0.893 bits per heavy atom. The van der Waals surface area contributed by atoms with Gasteiger partial charge < -0.3 is 5.73 Å². The van der Waals surface area contributed by atoms with Crippen LogP contribution in [0.5, 0.6) is 0 Å². The van der Waals surface area contributed by atoms with E-state index in [0.717, 1.165) is 12.1 Å². The Kier molecular flexibility index (Phi) is 5.37. The molecule has 0 aliphatic heterocycles. The number of rotatable bonds is 5. The van der Waals surface area contributed by atoms with Crippen LogP contribution in [0.25, 0.3) is 12.2 Å². The van der Waals surface area contributed by atoms with E-state index in [1.807, 2.05) is 0 Å². The van der Waals surface area contributed by atoms with Crippen molar-refractivity contribution in [3.05, 3.63) is 95.1 Å². The van der Waals surface area contributed by atoms with Gasteiger partial charge >= 0.3 is 0 Å². The summed E-state index contributed by atoms with van der Waals surface area (Å²) in [5, 5.41) is 0. The lowest BCUT2D eigenvalue weighted by molar-refractivity contribution is 0.0997. The quantitative estimate of drug-likeness (QED) is 0.657. The van der Waals surface area contributed by atoms with Gasteiger partial charge in [0.25, 0.3) is 0 Å². The fraction of sp³-hybridized carbons (Fsp3) is 0. The van der Waals surface area contributed by atoms with Gasteiger partial charge in [-0.1, -0.05) is 36.4 Å². The zero-order valence-corrected chi connectivity index (χ0v) is 15.3. The molecular weight excluding hydrogens is 384 g/mol. The first kappa shape index (κ1) is 19.4. The van der Waals surface area contributed by atoms with E-state index in [1.165, 1.54) is 48.6 Å². The van der Waals surface area contributed by atoms with Gasteiger partial charge in [-0.05, 0) is 42.0 Å². The minimum Gasteiger partial charge on any atom is -0.366 e. The summed E-state index contributed by atoms with van der Waals surface area (Å²) in [4.78, 5) is 11.7. The van der Waals surface area contributed by atoms with Crippen LogP contribution in [0.2, 0.25) is 0 Å². The van der Waals surface area contributed by atoms with Crippen LogP contribution in [0.3, 0.4) is 0 Å². The SMILES string of the molecule is NC(=O)c1cc(C=Cc2ccc(F)cc2F)ccc1S(=O)(=O)c1ccccc1. The minimum absolute atomic E-state index is 0.0363. The lowest BCUT2D eigenvalue weighted by atomic mass is 10.1. The molecule has 0 aliphatic carbocycles. The summed E-state index contributed by atoms with van der Waals surface area (Å²) in [5.41, 5.74) is 5.78. The molecule has 0 radical (unpaired) electrons. The van der Waals surface area contributed by atoms with Gasteiger partial charge in [-0.25, -0.2) is 17.2 Å². The number of carbonyl (C=O) groups is 1. The van der Waals surface area contributed by atoms with Crippen LogP contribution in [0.15, 0.2) is 76.5 Å². The van der Waals surface area contributed by atoms with Crippen molar-refractivity contribution in [1.29, 1.82) is 0 Å². The van der Waals surface area contributed by atoms with Gasteiger partial charge in [-0.2, -0.15) is 0 Å². The summed E-state index contributed by atoms with van der Waals surface area (Å²) in [6.07, 6.45) is 2.86. The minimum atomic E-state index is -3.94. The maximum absolute atomic E-state index is 13.7. The van der Waals surface area contributed by atoms with E-state index >= 15 is 0 Å². The van der Waals surface area contributed by atoms with Crippen molar-refractivity contribution in [2.75, 3.05) is 0 Å². The van der Waals surface area contributed by atoms with E-state index in [4.69, 9.17) is 5.73 Å². The Hall–Kier alpha value is -3.32. The van der Waals surface area contributed by atoms with Crippen LogP contribution < -0.4 is 5.73 Å². The van der Waals surface area contributed by atoms with E-state index in [-0.39, 0.29) is 20.9 Å². The molecule has 0 fully saturated rings. The van der Waals surface area contributed by atoms with Crippen LogP contribution in [0, 0.1) is 11.6 Å². The molecule has 3 aromatic carbocycles. The second-order valence-corrected chi connectivity index (χ2v) is 7.85. The second kappa shape index (κ2) is 7.74. The molecule has 3 rings (SSSR count). The molecule has 4 nitrogen and oxygen atoms in total. The summed E-state index contributed by atoms with van der Waals surface area (Å²) < 4.78 is 52.3. The summed E-state index contributed by atoms with van der Waals surface area (Å²) in [6.45, 7) is 0. The van der Waals surface area contributed by atoms with E-state index < -0.39 is 27.4 Å². The molecule has 0 atom stereocenters. The summed E-state index contributed by atoms with van der Waals surface area (Å²) in [5.74, 6) is -2.34. The molecular formula is C21H15F2NO3S. The van der Waals surface area contributed by atoms with Crippen LogP contribution in [-0.2, 0) is 9.84 Å².